The van der Waals surface area contributed by atoms with Crippen molar-refractivity contribution in [1.82, 2.24) is 0 Å². The number of fused-ring (bicyclic) bond motifs is 2. The molecule has 0 unspecified atom stereocenters. The van der Waals surface area contributed by atoms with Gasteiger partial charge in [0.15, 0.2) is 0 Å². The van der Waals surface area contributed by atoms with Crippen LogP contribution < -0.4 is 5.32 Å². The number of rotatable bonds is 2. The summed E-state index contributed by atoms with van der Waals surface area (Å²) in [6.07, 6.45) is 2.99. The first kappa shape index (κ1) is 17.3. The van der Waals surface area contributed by atoms with E-state index in [9.17, 15) is 9.59 Å². The van der Waals surface area contributed by atoms with E-state index in [0.717, 1.165) is 29.7 Å². The summed E-state index contributed by atoms with van der Waals surface area (Å²) in [6, 6.07) is 13.2. The van der Waals surface area contributed by atoms with Crippen molar-refractivity contribution < 1.29 is 9.59 Å². The lowest BCUT2D eigenvalue weighted by Crippen LogP contribution is -2.52. The molecule has 1 spiro atoms. The van der Waals surface area contributed by atoms with E-state index in [-0.39, 0.29) is 23.5 Å². The van der Waals surface area contributed by atoms with Gasteiger partial charge in [0, 0.05) is 34.5 Å². The molecule has 5 rings (SSSR count). The van der Waals surface area contributed by atoms with Crippen molar-refractivity contribution >= 4 is 40.6 Å². The number of ketones is 1. The Balaban J connectivity index is 1.76. The molecule has 2 saturated carbocycles. The number of Topliss-reactive ketones (excluding diaryl/α,β-unsaturated/α-hetero) is 1. The Kier molecular flexibility index (Phi) is 3.89. The molecule has 3 atom stereocenters. The zero-order valence-electron chi connectivity index (χ0n) is 14.7. The van der Waals surface area contributed by atoms with Gasteiger partial charge >= 0.3 is 0 Å². The summed E-state index contributed by atoms with van der Waals surface area (Å²) in [7, 11) is 0. The summed E-state index contributed by atoms with van der Waals surface area (Å²) in [4.78, 5) is 26.2. The lowest BCUT2D eigenvalue weighted by Gasteiger charge is -2.46. The number of carbonyl (C=O) groups excluding carboxylic acids is 2. The molecule has 2 fully saturated rings. The van der Waals surface area contributed by atoms with Gasteiger partial charge < -0.3 is 5.32 Å². The zero-order chi connectivity index (χ0) is 18.8. The number of benzene rings is 2. The molecule has 1 N–H and O–H groups in total. The van der Waals surface area contributed by atoms with Crippen molar-refractivity contribution in [1.29, 1.82) is 0 Å². The summed E-state index contributed by atoms with van der Waals surface area (Å²) in [5, 5.41) is 4.29. The van der Waals surface area contributed by atoms with Crippen LogP contribution in [0.1, 0.15) is 42.7 Å². The highest BCUT2D eigenvalue weighted by atomic mass is 35.5. The summed E-state index contributed by atoms with van der Waals surface area (Å²) in [5.41, 5.74) is 1.98. The Morgan fingerprint density at radius 2 is 1.74 bits per heavy atom. The predicted octanol–water partition coefficient (Wildman–Crippen LogP) is 5.36. The van der Waals surface area contributed by atoms with Crippen molar-refractivity contribution in [2.24, 2.45) is 11.8 Å². The highest BCUT2D eigenvalue weighted by molar-refractivity contribution is 6.31. The fourth-order valence-electron chi connectivity index (χ4n) is 5.32. The molecular weight excluding hydrogens is 381 g/mol. The fraction of sp³-hybridized carbons (Fsp3) is 0.364. The molecule has 0 saturated heterocycles. The molecule has 2 aromatic carbocycles. The van der Waals surface area contributed by atoms with Gasteiger partial charge in [0.05, 0.1) is 5.41 Å². The maximum Gasteiger partial charge on any atom is 0.236 e. The molecule has 5 heteroatoms. The van der Waals surface area contributed by atoms with Gasteiger partial charge in [0.25, 0.3) is 0 Å². The Labute approximate surface area is 168 Å². The average molecular weight is 400 g/mol. The Morgan fingerprint density at radius 1 is 0.963 bits per heavy atom. The predicted molar refractivity (Wildman–Crippen MR) is 106 cm³/mol. The van der Waals surface area contributed by atoms with Crippen molar-refractivity contribution in [2.45, 2.75) is 37.0 Å². The summed E-state index contributed by atoms with van der Waals surface area (Å²) >= 11 is 12.4. The van der Waals surface area contributed by atoms with Crippen LogP contribution >= 0.6 is 23.2 Å². The maximum absolute atomic E-state index is 13.5. The van der Waals surface area contributed by atoms with Crippen LogP contribution in [0, 0.1) is 11.8 Å². The Morgan fingerprint density at radius 3 is 2.48 bits per heavy atom. The van der Waals surface area contributed by atoms with Crippen molar-refractivity contribution in [3.63, 3.8) is 0 Å². The number of anilines is 1. The smallest absolute Gasteiger partial charge is 0.236 e. The van der Waals surface area contributed by atoms with E-state index in [4.69, 9.17) is 23.2 Å². The normalized spacial score (nSPS) is 29.7. The quantitative estimate of drug-likeness (QED) is 0.738. The molecule has 2 aliphatic carbocycles. The standard InChI is InChI=1S/C22H19Cl2NO2/c23-14-3-1-2-13(8-14)19-11-16(26)10-18(12-4-5-12)22(19)17-7-6-15(24)9-20(17)25-21(22)27/h1-3,6-9,12,18-19H,4-5,10-11H2,(H,25,27)/t18-,19-,22+/m0/s1. The van der Waals surface area contributed by atoms with Gasteiger partial charge in [-0.3, -0.25) is 9.59 Å². The van der Waals surface area contributed by atoms with Crippen LogP contribution in [0.2, 0.25) is 10.0 Å². The molecule has 0 bridgehead atoms. The first-order chi connectivity index (χ1) is 13.0. The van der Waals surface area contributed by atoms with E-state index in [1.54, 1.807) is 0 Å². The first-order valence-electron chi connectivity index (χ1n) is 9.39. The van der Waals surface area contributed by atoms with E-state index in [1.807, 2.05) is 42.5 Å². The van der Waals surface area contributed by atoms with Gasteiger partial charge in [0.2, 0.25) is 5.91 Å². The average Bonchev–Trinajstić information content (AvgIpc) is 3.42. The van der Waals surface area contributed by atoms with Crippen LogP contribution in [0.15, 0.2) is 42.5 Å². The minimum atomic E-state index is -0.736. The monoisotopic (exact) mass is 399 g/mol. The number of nitrogens with one attached hydrogen (secondary N) is 1. The summed E-state index contributed by atoms with van der Waals surface area (Å²) in [6.45, 7) is 0. The highest BCUT2D eigenvalue weighted by Crippen LogP contribution is 2.62. The molecule has 27 heavy (non-hydrogen) atoms. The third-order valence-corrected chi connectivity index (χ3v) is 6.98. The number of amides is 1. The van der Waals surface area contributed by atoms with E-state index in [2.05, 4.69) is 5.32 Å². The van der Waals surface area contributed by atoms with Gasteiger partial charge in [-0.15, -0.1) is 0 Å². The van der Waals surface area contributed by atoms with Gasteiger partial charge in [-0.2, -0.15) is 0 Å². The van der Waals surface area contributed by atoms with Crippen LogP contribution in [0.5, 0.6) is 0 Å². The molecule has 0 radical (unpaired) electrons. The lowest BCUT2D eigenvalue weighted by molar-refractivity contribution is -0.131. The lowest BCUT2D eigenvalue weighted by atomic mass is 9.54. The third kappa shape index (κ3) is 2.55. The summed E-state index contributed by atoms with van der Waals surface area (Å²) < 4.78 is 0. The van der Waals surface area contributed by atoms with Gasteiger partial charge in [-0.25, -0.2) is 0 Å². The first-order valence-corrected chi connectivity index (χ1v) is 10.1. The van der Waals surface area contributed by atoms with Crippen LogP contribution in [0.25, 0.3) is 0 Å². The Hall–Kier alpha value is -1.84. The molecule has 1 amide bonds. The SMILES string of the molecule is O=C1C[C@@H](c2cccc(Cl)c2)[C@]2(C(=O)Nc3cc(Cl)ccc32)[C@H](C2CC2)C1. The van der Waals surface area contributed by atoms with Gasteiger partial charge in [-0.1, -0.05) is 41.4 Å². The number of hydrogen-bond donors (Lipinski definition) is 1. The minimum absolute atomic E-state index is 0.00542. The van der Waals surface area contributed by atoms with E-state index in [1.165, 1.54) is 0 Å². The van der Waals surface area contributed by atoms with Crippen LogP contribution in [0.3, 0.4) is 0 Å². The number of halogens is 2. The zero-order valence-corrected chi connectivity index (χ0v) is 16.2. The molecule has 3 aliphatic rings. The maximum atomic E-state index is 13.5. The Bertz CT molecular complexity index is 969. The van der Waals surface area contributed by atoms with Gasteiger partial charge in [-0.05, 0) is 60.1 Å². The minimum Gasteiger partial charge on any atom is -0.325 e. The molecule has 1 aliphatic heterocycles. The molecule has 3 nitrogen and oxygen atoms in total. The van der Waals surface area contributed by atoms with Crippen molar-refractivity contribution in [3.05, 3.63) is 63.6 Å². The van der Waals surface area contributed by atoms with Crippen LogP contribution in [-0.4, -0.2) is 11.7 Å². The molecular formula is C22H19Cl2NO2. The number of carbonyl (C=O) groups is 2. The van der Waals surface area contributed by atoms with Crippen LogP contribution in [0.4, 0.5) is 5.69 Å². The molecule has 0 aromatic heterocycles. The third-order valence-electron chi connectivity index (χ3n) is 6.51. The highest BCUT2D eigenvalue weighted by Gasteiger charge is 2.63. The second-order valence-corrected chi connectivity index (χ2v) is 8.88. The van der Waals surface area contributed by atoms with Crippen LogP contribution in [-0.2, 0) is 15.0 Å². The molecule has 1 heterocycles. The van der Waals surface area contributed by atoms with Gasteiger partial charge in [0.1, 0.15) is 5.78 Å². The summed E-state index contributed by atoms with van der Waals surface area (Å²) in [5.74, 6) is 0.450. The van der Waals surface area contributed by atoms with Crippen molar-refractivity contribution in [3.8, 4) is 0 Å². The second kappa shape index (κ2) is 6.08. The number of hydrogen-bond acceptors (Lipinski definition) is 2. The van der Waals surface area contributed by atoms with E-state index < -0.39 is 5.41 Å². The molecule has 138 valence electrons. The van der Waals surface area contributed by atoms with E-state index in [0.29, 0.717) is 28.8 Å². The fourth-order valence-corrected chi connectivity index (χ4v) is 5.69. The van der Waals surface area contributed by atoms with E-state index >= 15 is 0 Å². The largest absolute Gasteiger partial charge is 0.325 e. The topological polar surface area (TPSA) is 46.2 Å². The molecule has 2 aromatic rings. The van der Waals surface area contributed by atoms with Crippen molar-refractivity contribution in [2.75, 3.05) is 5.32 Å². The second-order valence-electron chi connectivity index (χ2n) is 8.01.